The van der Waals surface area contributed by atoms with Crippen LogP contribution >= 0.6 is 12.6 Å². The van der Waals surface area contributed by atoms with Gasteiger partial charge in [-0.25, -0.2) is 8.42 Å². The normalized spacial score (nSPS) is 21.2. The molecule has 1 atom stereocenters. The summed E-state index contributed by atoms with van der Waals surface area (Å²) in [5, 5.41) is 2.30. The second-order valence-electron chi connectivity index (χ2n) is 4.78. The van der Waals surface area contributed by atoms with Crippen LogP contribution in [0.2, 0.25) is 0 Å². The van der Waals surface area contributed by atoms with Crippen LogP contribution in [0, 0.1) is 0 Å². The van der Waals surface area contributed by atoms with E-state index in [0.717, 1.165) is 10.5 Å². The fourth-order valence-corrected chi connectivity index (χ4v) is 4.09. The molecule has 1 aliphatic rings. The van der Waals surface area contributed by atoms with E-state index in [1.54, 1.807) is 0 Å². The van der Waals surface area contributed by atoms with Crippen molar-refractivity contribution in [3.63, 3.8) is 0 Å². The molecule has 1 saturated heterocycles. The van der Waals surface area contributed by atoms with Crippen LogP contribution in [0.5, 0.6) is 0 Å². The first kappa shape index (κ1) is 14.4. The number of benzene rings is 1. The number of carbonyl (C=O) groups is 1. The largest absolute Gasteiger partial charge is 0.355 e. The molecular formula is C13H17NO3S2. The molecule has 1 amide bonds. The van der Waals surface area contributed by atoms with E-state index < -0.39 is 15.1 Å². The van der Waals surface area contributed by atoms with E-state index in [2.05, 4.69) is 17.9 Å². The molecule has 1 fully saturated rings. The smallest absolute Gasteiger partial charge is 0.224 e. The zero-order valence-corrected chi connectivity index (χ0v) is 12.2. The number of thiol groups is 1. The molecule has 0 aliphatic carbocycles. The summed E-state index contributed by atoms with van der Waals surface area (Å²) < 4.78 is 23.2. The van der Waals surface area contributed by atoms with Gasteiger partial charge in [-0.3, -0.25) is 4.79 Å². The third-order valence-corrected chi connectivity index (χ3v) is 5.86. The lowest BCUT2D eigenvalue weighted by atomic mass is 10.1. The molecule has 4 nitrogen and oxygen atoms in total. The molecule has 0 bridgehead atoms. The molecule has 1 heterocycles. The van der Waals surface area contributed by atoms with Crippen LogP contribution in [0.4, 0.5) is 0 Å². The average Bonchev–Trinajstić information content (AvgIpc) is 2.69. The van der Waals surface area contributed by atoms with Gasteiger partial charge in [0.15, 0.2) is 9.84 Å². The number of hydrogen-bond acceptors (Lipinski definition) is 4. The Kier molecular flexibility index (Phi) is 4.52. The highest BCUT2D eigenvalue weighted by Crippen LogP contribution is 2.19. The molecule has 2 rings (SSSR count). The van der Waals surface area contributed by atoms with Gasteiger partial charge in [0.05, 0.1) is 17.4 Å². The first-order valence-electron chi connectivity index (χ1n) is 6.23. The zero-order valence-electron chi connectivity index (χ0n) is 10.5. The van der Waals surface area contributed by atoms with E-state index in [1.807, 2.05) is 24.3 Å². The predicted octanol–water partition coefficient (Wildman–Crippen LogP) is 1.21. The molecule has 1 aromatic carbocycles. The molecule has 0 saturated carbocycles. The van der Waals surface area contributed by atoms with Crippen molar-refractivity contribution in [1.82, 2.24) is 5.32 Å². The molecule has 19 heavy (non-hydrogen) atoms. The van der Waals surface area contributed by atoms with Gasteiger partial charge in [-0.15, -0.1) is 12.6 Å². The summed E-state index contributed by atoms with van der Waals surface area (Å²) in [6, 6.07) is 7.34. The van der Waals surface area contributed by atoms with E-state index in [4.69, 9.17) is 0 Å². The Morgan fingerprint density at radius 3 is 2.58 bits per heavy atom. The SMILES string of the molecule is O=C(Cc1ccc(S)cc1)NCC1CCCS1(=O)=O. The molecule has 1 unspecified atom stereocenters. The van der Waals surface area contributed by atoms with Crippen LogP contribution in [0.25, 0.3) is 0 Å². The van der Waals surface area contributed by atoms with Crippen molar-refractivity contribution in [2.75, 3.05) is 12.3 Å². The van der Waals surface area contributed by atoms with Gasteiger partial charge in [-0.2, -0.15) is 0 Å². The van der Waals surface area contributed by atoms with Crippen molar-refractivity contribution in [3.05, 3.63) is 29.8 Å². The summed E-state index contributed by atoms with van der Waals surface area (Å²) in [6.45, 7) is 0.228. The highest BCUT2D eigenvalue weighted by Gasteiger charge is 2.31. The van der Waals surface area contributed by atoms with E-state index in [0.29, 0.717) is 12.8 Å². The Balaban J connectivity index is 1.83. The van der Waals surface area contributed by atoms with Crippen molar-refractivity contribution in [2.24, 2.45) is 0 Å². The Hall–Kier alpha value is -1.01. The molecule has 104 valence electrons. The van der Waals surface area contributed by atoms with Gasteiger partial charge in [-0.1, -0.05) is 12.1 Å². The van der Waals surface area contributed by atoms with Crippen molar-refractivity contribution in [2.45, 2.75) is 29.4 Å². The highest BCUT2D eigenvalue weighted by molar-refractivity contribution is 7.92. The molecule has 6 heteroatoms. The molecule has 0 aromatic heterocycles. The summed E-state index contributed by atoms with van der Waals surface area (Å²) in [5.74, 6) is 0.103. The number of amides is 1. The van der Waals surface area contributed by atoms with Crippen LogP contribution < -0.4 is 5.32 Å². The first-order valence-corrected chi connectivity index (χ1v) is 8.40. The minimum Gasteiger partial charge on any atom is -0.355 e. The van der Waals surface area contributed by atoms with Gasteiger partial charge in [0, 0.05) is 11.4 Å². The standard InChI is InChI=1S/C13H17NO3S2/c15-13(8-10-3-5-11(18)6-4-10)14-9-12-2-1-7-19(12,16)17/h3-6,12,18H,1-2,7-9H2,(H,14,15). The summed E-state index contributed by atoms with van der Waals surface area (Å²) >= 11 is 4.17. The van der Waals surface area contributed by atoms with Crippen LogP contribution in [-0.4, -0.2) is 31.9 Å². The Morgan fingerprint density at radius 2 is 2.00 bits per heavy atom. The lowest BCUT2D eigenvalue weighted by Gasteiger charge is -2.10. The Labute approximate surface area is 118 Å². The number of sulfone groups is 1. The van der Waals surface area contributed by atoms with Crippen LogP contribution in [0.15, 0.2) is 29.2 Å². The van der Waals surface area contributed by atoms with Crippen molar-refractivity contribution in [3.8, 4) is 0 Å². The van der Waals surface area contributed by atoms with Crippen molar-refractivity contribution >= 4 is 28.4 Å². The van der Waals surface area contributed by atoms with Crippen molar-refractivity contribution < 1.29 is 13.2 Å². The monoisotopic (exact) mass is 299 g/mol. The molecule has 1 N–H and O–H groups in total. The quantitative estimate of drug-likeness (QED) is 0.822. The lowest BCUT2D eigenvalue weighted by Crippen LogP contribution is -2.35. The lowest BCUT2D eigenvalue weighted by molar-refractivity contribution is -0.120. The van der Waals surface area contributed by atoms with E-state index in [-0.39, 0.29) is 24.6 Å². The maximum atomic E-state index is 11.7. The van der Waals surface area contributed by atoms with E-state index in [1.165, 1.54) is 0 Å². The van der Waals surface area contributed by atoms with Gasteiger partial charge in [0.25, 0.3) is 0 Å². The first-order chi connectivity index (χ1) is 8.97. The van der Waals surface area contributed by atoms with Crippen LogP contribution in [-0.2, 0) is 21.1 Å². The summed E-state index contributed by atoms with van der Waals surface area (Å²) in [5.41, 5.74) is 0.893. The minimum absolute atomic E-state index is 0.144. The third kappa shape index (κ3) is 3.98. The van der Waals surface area contributed by atoms with Crippen LogP contribution in [0.3, 0.4) is 0 Å². The third-order valence-electron chi connectivity index (χ3n) is 3.29. The van der Waals surface area contributed by atoms with Gasteiger partial charge < -0.3 is 5.32 Å². The highest BCUT2D eigenvalue weighted by atomic mass is 32.2. The van der Waals surface area contributed by atoms with Crippen LogP contribution in [0.1, 0.15) is 18.4 Å². The second kappa shape index (κ2) is 5.96. The number of nitrogens with one attached hydrogen (secondary N) is 1. The maximum Gasteiger partial charge on any atom is 0.224 e. The average molecular weight is 299 g/mol. The van der Waals surface area contributed by atoms with Gasteiger partial charge >= 0.3 is 0 Å². The number of hydrogen-bond donors (Lipinski definition) is 2. The fraction of sp³-hybridized carbons (Fsp3) is 0.462. The Bertz CT molecular complexity index is 552. The topological polar surface area (TPSA) is 63.2 Å². The minimum atomic E-state index is -2.99. The molecule has 0 spiro atoms. The van der Waals surface area contributed by atoms with Crippen molar-refractivity contribution in [1.29, 1.82) is 0 Å². The maximum absolute atomic E-state index is 11.7. The zero-order chi connectivity index (χ0) is 13.9. The van der Waals surface area contributed by atoms with Gasteiger partial charge in [0.1, 0.15) is 0 Å². The summed E-state index contributed by atoms with van der Waals surface area (Å²) in [4.78, 5) is 12.6. The predicted molar refractivity (Wildman–Crippen MR) is 77.2 cm³/mol. The Morgan fingerprint density at radius 1 is 1.32 bits per heavy atom. The van der Waals surface area contributed by atoms with E-state index in [9.17, 15) is 13.2 Å². The second-order valence-corrected chi connectivity index (χ2v) is 7.70. The van der Waals surface area contributed by atoms with E-state index >= 15 is 0 Å². The number of carbonyl (C=O) groups excluding carboxylic acids is 1. The molecule has 1 aromatic rings. The molecule has 1 aliphatic heterocycles. The molecular weight excluding hydrogens is 282 g/mol. The summed E-state index contributed by atoms with van der Waals surface area (Å²) in [6.07, 6.45) is 1.62. The summed E-state index contributed by atoms with van der Waals surface area (Å²) in [7, 11) is -2.99. The molecule has 0 radical (unpaired) electrons. The van der Waals surface area contributed by atoms with Gasteiger partial charge in [0.2, 0.25) is 5.91 Å². The van der Waals surface area contributed by atoms with Gasteiger partial charge in [-0.05, 0) is 30.5 Å². The fourth-order valence-electron chi connectivity index (χ4n) is 2.18. The number of rotatable bonds is 4.